The summed E-state index contributed by atoms with van der Waals surface area (Å²) >= 11 is 5.91. The molecule has 0 aliphatic heterocycles. The van der Waals surface area contributed by atoms with Crippen LogP contribution in [0.4, 0.5) is 29.1 Å². The fraction of sp³-hybridized carbons (Fsp3) is 0.100. The van der Waals surface area contributed by atoms with Crippen LogP contribution in [0.1, 0.15) is 21.7 Å². The van der Waals surface area contributed by atoms with Gasteiger partial charge in [0.15, 0.2) is 17.3 Å². The number of amides is 1. The highest BCUT2D eigenvalue weighted by Gasteiger charge is 2.41. The quantitative estimate of drug-likeness (QED) is 0.383. The van der Waals surface area contributed by atoms with Crippen LogP contribution < -0.4 is 15.8 Å². The van der Waals surface area contributed by atoms with Crippen molar-refractivity contribution >= 4 is 29.0 Å². The summed E-state index contributed by atoms with van der Waals surface area (Å²) in [6.45, 7) is 1.56. The van der Waals surface area contributed by atoms with E-state index in [1.54, 1.807) is 6.92 Å². The molecule has 15 heteroatoms. The molecule has 4 rings (SSSR count). The van der Waals surface area contributed by atoms with Gasteiger partial charge in [-0.15, -0.1) is 0 Å². The number of nitrogen functional groups attached to an aromatic ring is 1. The molecule has 4 aromatic rings. The molecule has 0 aliphatic rings. The molecule has 0 aliphatic carbocycles. The maximum atomic E-state index is 14.5. The molecule has 1 amide bonds. The molecule has 35 heavy (non-hydrogen) atoms. The number of nitrogens with two attached hydrogens (primary N) is 1. The van der Waals surface area contributed by atoms with Gasteiger partial charge in [-0.25, -0.2) is 19.3 Å². The van der Waals surface area contributed by atoms with Gasteiger partial charge in [0.1, 0.15) is 17.2 Å². The number of alkyl halides is 3. The zero-order chi connectivity index (χ0) is 25.3. The van der Waals surface area contributed by atoms with Crippen molar-refractivity contribution in [2.45, 2.75) is 13.1 Å². The second-order valence-corrected chi connectivity index (χ2v) is 7.27. The first-order valence-corrected chi connectivity index (χ1v) is 9.92. The maximum absolute atomic E-state index is 14.5. The van der Waals surface area contributed by atoms with E-state index in [1.165, 1.54) is 18.3 Å². The number of hydrogen-bond acceptors (Lipinski definition) is 8. The number of nitrogens with zero attached hydrogens (tertiary/aromatic N) is 6. The molecule has 0 saturated carbocycles. The first-order chi connectivity index (χ1) is 16.5. The summed E-state index contributed by atoms with van der Waals surface area (Å²) < 4.78 is 61.7. The molecule has 0 bridgehead atoms. The number of benzene rings is 1. The topological polar surface area (TPSA) is 134 Å². The highest BCUT2D eigenvalue weighted by Crippen LogP contribution is 2.34. The number of ether oxygens (including phenoxy) is 1. The normalized spacial score (nSPS) is 11.4. The standard InChI is InChI=1S/C20H13ClF4N8O2/c1-9-4-5-27-19(31-9)33-15(20(23,24)25)11(7-30-33)17(34)32-10-2-3-13(12(22)6-10)35-18-14(21)16(26)28-8-29-18/h2-8H,1H3,(H,32,34)(H2,26,28,29). The molecule has 0 unspecified atom stereocenters. The van der Waals surface area contributed by atoms with Crippen molar-refractivity contribution in [3.8, 4) is 17.6 Å². The lowest BCUT2D eigenvalue weighted by Crippen LogP contribution is -2.21. The van der Waals surface area contributed by atoms with Crippen molar-refractivity contribution in [2.75, 3.05) is 11.1 Å². The van der Waals surface area contributed by atoms with Gasteiger partial charge in [0, 0.05) is 23.6 Å². The van der Waals surface area contributed by atoms with E-state index in [9.17, 15) is 22.4 Å². The summed E-state index contributed by atoms with van der Waals surface area (Å²) in [5.41, 5.74) is 3.58. The van der Waals surface area contributed by atoms with Crippen LogP contribution >= 0.6 is 11.6 Å². The molecule has 3 N–H and O–H groups in total. The third-order valence-corrected chi connectivity index (χ3v) is 4.79. The fourth-order valence-electron chi connectivity index (χ4n) is 2.88. The van der Waals surface area contributed by atoms with Crippen LogP contribution in [-0.2, 0) is 6.18 Å². The Morgan fingerprint density at radius 2 is 1.97 bits per heavy atom. The predicted molar refractivity (Wildman–Crippen MR) is 115 cm³/mol. The van der Waals surface area contributed by atoms with E-state index in [-0.39, 0.29) is 34.1 Å². The minimum Gasteiger partial charge on any atom is -0.434 e. The molecule has 0 atom stereocenters. The Morgan fingerprint density at radius 3 is 2.66 bits per heavy atom. The summed E-state index contributed by atoms with van der Waals surface area (Å²) in [5, 5.41) is 5.69. The average Bonchev–Trinajstić information content (AvgIpc) is 3.25. The van der Waals surface area contributed by atoms with Crippen molar-refractivity contribution in [1.82, 2.24) is 29.7 Å². The SMILES string of the molecule is Cc1ccnc(-n2ncc(C(=O)Nc3ccc(Oc4ncnc(N)c4Cl)c(F)c3)c2C(F)(F)F)n1. The first kappa shape index (κ1) is 23.8. The van der Waals surface area contributed by atoms with Gasteiger partial charge < -0.3 is 15.8 Å². The Labute approximate surface area is 198 Å². The average molecular weight is 509 g/mol. The van der Waals surface area contributed by atoms with E-state index in [1.807, 2.05) is 0 Å². The largest absolute Gasteiger partial charge is 0.434 e. The number of carbonyl (C=O) groups excluding carboxylic acids is 1. The molecule has 0 radical (unpaired) electrons. The van der Waals surface area contributed by atoms with E-state index in [4.69, 9.17) is 22.1 Å². The number of halogens is 5. The molecule has 0 spiro atoms. The first-order valence-electron chi connectivity index (χ1n) is 9.54. The Balaban J connectivity index is 1.60. The third-order valence-electron chi connectivity index (χ3n) is 4.43. The molecular weight excluding hydrogens is 496 g/mol. The second kappa shape index (κ2) is 9.13. The highest BCUT2D eigenvalue weighted by atomic mass is 35.5. The Kier molecular flexibility index (Phi) is 6.22. The molecule has 3 aromatic heterocycles. The number of carbonyl (C=O) groups is 1. The van der Waals surface area contributed by atoms with E-state index in [0.29, 0.717) is 10.4 Å². The Hall–Kier alpha value is -4.33. The van der Waals surface area contributed by atoms with Crippen LogP contribution in [0.5, 0.6) is 11.6 Å². The van der Waals surface area contributed by atoms with Gasteiger partial charge in [-0.2, -0.15) is 27.9 Å². The van der Waals surface area contributed by atoms with Crippen molar-refractivity contribution < 1.29 is 27.1 Å². The van der Waals surface area contributed by atoms with Crippen molar-refractivity contribution in [2.24, 2.45) is 0 Å². The third kappa shape index (κ3) is 4.96. The van der Waals surface area contributed by atoms with Crippen LogP contribution in [0, 0.1) is 12.7 Å². The van der Waals surface area contributed by atoms with Gasteiger partial charge in [0.2, 0.25) is 5.88 Å². The highest BCUT2D eigenvalue weighted by molar-refractivity contribution is 6.34. The summed E-state index contributed by atoms with van der Waals surface area (Å²) in [6, 6.07) is 4.65. The lowest BCUT2D eigenvalue weighted by atomic mass is 10.2. The van der Waals surface area contributed by atoms with Gasteiger partial charge in [-0.1, -0.05) is 11.6 Å². The minimum atomic E-state index is -4.97. The summed E-state index contributed by atoms with van der Waals surface area (Å²) in [4.78, 5) is 27.7. The van der Waals surface area contributed by atoms with Crippen LogP contribution in [0.3, 0.4) is 0 Å². The van der Waals surface area contributed by atoms with Gasteiger partial charge >= 0.3 is 6.18 Å². The number of aryl methyl sites for hydroxylation is 1. The molecule has 3 heterocycles. The summed E-state index contributed by atoms with van der Waals surface area (Å²) in [5.74, 6) is -3.14. The van der Waals surface area contributed by atoms with Gasteiger partial charge in [-0.05, 0) is 25.1 Å². The van der Waals surface area contributed by atoms with Crippen LogP contribution in [0.15, 0.2) is 43.0 Å². The Morgan fingerprint density at radius 1 is 1.20 bits per heavy atom. The molecule has 0 saturated heterocycles. The number of rotatable bonds is 5. The maximum Gasteiger partial charge on any atom is 0.434 e. The van der Waals surface area contributed by atoms with E-state index in [2.05, 4.69) is 30.4 Å². The summed E-state index contributed by atoms with van der Waals surface area (Å²) in [6.07, 6.45) is -1.94. The van der Waals surface area contributed by atoms with Crippen LogP contribution in [0.2, 0.25) is 5.02 Å². The molecule has 180 valence electrons. The monoisotopic (exact) mass is 508 g/mol. The van der Waals surface area contributed by atoms with Crippen molar-refractivity contribution in [1.29, 1.82) is 0 Å². The van der Waals surface area contributed by atoms with Gasteiger partial charge in [-0.3, -0.25) is 4.79 Å². The number of aromatic nitrogens is 6. The van der Waals surface area contributed by atoms with Crippen LogP contribution in [0.25, 0.3) is 5.95 Å². The van der Waals surface area contributed by atoms with Gasteiger partial charge in [0.05, 0.1) is 11.8 Å². The zero-order valence-electron chi connectivity index (χ0n) is 17.5. The van der Waals surface area contributed by atoms with E-state index >= 15 is 0 Å². The van der Waals surface area contributed by atoms with E-state index in [0.717, 1.165) is 24.7 Å². The predicted octanol–water partition coefficient (Wildman–Crippen LogP) is 4.20. The lowest BCUT2D eigenvalue weighted by molar-refractivity contribution is -0.143. The lowest BCUT2D eigenvalue weighted by Gasteiger charge is -2.12. The number of anilines is 2. The van der Waals surface area contributed by atoms with E-state index < -0.39 is 29.2 Å². The molecular formula is C20H13ClF4N8O2. The fourth-order valence-corrected chi connectivity index (χ4v) is 3.01. The number of nitrogens with one attached hydrogen (secondary N) is 1. The number of hydrogen-bond donors (Lipinski definition) is 2. The second-order valence-electron chi connectivity index (χ2n) is 6.89. The Bertz CT molecular complexity index is 1430. The van der Waals surface area contributed by atoms with Crippen LogP contribution in [-0.4, -0.2) is 35.6 Å². The summed E-state index contributed by atoms with van der Waals surface area (Å²) in [7, 11) is 0. The molecule has 10 nitrogen and oxygen atoms in total. The minimum absolute atomic E-state index is 0.0852. The molecule has 1 aromatic carbocycles. The zero-order valence-corrected chi connectivity index (χ0v) is 18.3. The smallest absolute Gasteiger partial charge is 0.434 e. The van der Waals surface area contributed by atoms with Crippen molar-refractivity contribution in [3.63, 3.8) is 0 Å². The molecule has 0 fully saturated rings. The van der Waals surface area contributed by atoms with Gasteiger partial charge in [0.25, 0.3) is 11.9 Å². The van der Waals surface area contributed by atoms with Crippen molar-refractivity contribution in [3.05, 3.63) is 70.8 Å².